The predicted molar refractivity (Wildman–Crippen MR) is 53.7 cm³/mol. The number of ether oxygens (including phenoxy) is 1. The van der Waals surface area contributed by atoms with Gasteiger partial charge in [0, 0.05) is 5.54 Å². The largest absolute Gasteiger partial charge is 0.447 e. The molecule has 13 heavy (non-hydrogen) atoms. The van der Waals surface area contributed by atoms with Crippen molar-refractivity contribution in [3.05, 3.63) is 0 Å². The number of hydrogen-bond acceptors (Lipinski definition) is 2. The first-order valence-corrected chi connectivity index (χ1v) is 4.92. The van der Waals surface area contributed by atoms with Gasteiger partial charge in [-0.15, -0.1) is 0 Å². The second-order valence-corrected chi connectivity index (χ2v) is 3.85. The Labute approximate surface area is 80.8 Å². The minimum absolute atomic E-state index is 0.0574. The van der Waals surface area contributed by atoms with Crippen LogP contribution < -0.4 is 5.32 Å². The number of hydrogen-bond donors (Lipinski definition) is 1. The van der Waals surface area contributed by atoms with Gasteiger partial charge in [0.15, 0.2) is 0 Å². The van der Waals surface area contributed by atoms with Crippen molar-refractivity contribution in [2.75, 3.05) is 0 Å². The number of amides is 1. The molecule has 3 nitrogen and oxygen atoms in total. The third-order valence-corrected chi connectivity index (χ3v) is 2.31. The minimum Gasteiger partial charge on any atom is -0.447 e. The highest BCUT2D eigenvalue weighted by atomic mass is 16.6. The van der Waals surface area contributed by atoms with E-state index in [2.05, 4.69) is 19.2 Å². The Bertz CT molecular complexity index is 162. The highest BCUT2D eigenvalue weighted by Crippen LogP contribution is 2.13. The van der Waals surface area contributed by atoms with Crippen LogP contribution in [0.5, 0.6) is 0 Å². The molecule has 1 N–H and O–H groups in total. The lowest BCUT2D eigenvalue weighted by Gasteiger charge is -2.28. The summed E-state index contributed by atoms with van der Waals surface area (Å²) in [6.45, 7) is 9.82. The average Bonchev–Trinajstić information content (AvgIpc) is 2.02. The van der Waals surface area contributed by atoms with Gasteiger partial charge in [-0.2, -0.15) is 0 Å². The molecule has 0 rings (SSSR count). The molecule has 0 aliphatic heterocycles. The quantitative estimate of drug-likeness (QED) is 0.734. The van der Waals surface area contributed by atoms with Crippen molar-refractivity contribution in [2.45, 2.75) is 59.1 Å². The zero-order chi connectivity index (χ0) is 10.5. The van der Waals surface area contributed by atoms with E-state index < -0.39 is 0 Å². The minimum atomic E-state index is -0.318. The number of nitrogens with one attached hydrogen (secondary N) is 1. The van der Waals surface area contributed by atoms with E-state index in [-0.39, 0.29) is 17.7 Å². The van der Waals surface area contributed by atoms with Crippen molar-refractivity contribution in [1.82, 2.24) is 5.32 Å². The third kappa shape index (κ3) is 4.76. The second kappa shape index (κ2) is 5.10. The highest BCUT2D eigenvalue weighted by Gasteiger charge is 2.22. The molecule has 0 heterocycles. The van der Waals surface area contributed by atoms with Gasteiger partial charge in [-0.05, 0) is 33.6 Å². The number of rotatable bonds is 4. The van der Waals surface area contributed by atoms with Crippen LogP contribution in [0.15, 0.2) is 0 Å². The zero-order valence-corrected chi connectivity index (χ0v) is 9.31. The van der Waals surface area contributed by atoms with Gasteiger partial charge in [0.25, 0.3) is 0 Å². The van der Waals surface area contributed by atoms with E-state index in [9.17, 15) is 4.79 Å². The molecule has 0 fully saturated rings. The normalized spacial score (nSPS) is 11.5. The number of alkyl carbamates (subject to hydrolysis) is 1. The molecule has 3 heteroatoms. The van der Waals surface area contributed by atoms with Gasteiger partial charge in [-0.25, -0.2) is 4.79 Å². The second-order valence-electron chi connectivity index (χ2n) is 3.85. The average molecular weight is 187 g/mol. The Morgan fingerprint density at radius 2 is 1.85 bits per heavy atom. The van der Waals surface area contributed by atoms with E-state index in [0.717, 1.165) is 12.8 Å². The first-order chi connectivity index (χ1) is 5.93. The summed E-state index contributed by atoms with van der Waals surface area (Å²) in [5, 5.41) is 2.86. The van der Waals surface area contributed by atoms with Crippen LogP contribution in [0.25, 0.3) is 0 Å². The summed E-state index contributed by atoms with van der Waals surface area (Å²) in [6.07, 6.45) is 1.45. The summed E-state index contributed by atoms with van der Waals surface area (Å²) in [6, 6.07) is 0. The van der Waals surface area contributed by atoms with Crippen molar-refractivity contribution in [2.24, 2.45) is 0 Å². The SMILES string of the molecule is CCC(C)(CC)NC(=O)OC(C)C. The van der Waals surface area contributed by atoms with Gasteiger partial charge in [-0.1, -0.05) is 13.8 Å². The van der Waals surface area contributed by atoms with E-state index in [1.54, 1.807) is 0 Å². The molecule has 0 aliphatic carbocycles. The standard InChI is InChI=1S/C10H21NO2/c1-6-10(5,7-2)11-9(12)13-8(3)4/h8H,6-7H2,1-5H3,(H,11,12). The molecule has 0 atom stereocenters. The lowest BCUT2D eigenvalue weighted by Crippen LogP contribution is -2.45. The maximum absolute atomic E-state index is 11.3. The van der Waals surface area contributed by atoms with Gasteiger partial charge in [0.05, 0.1) is 6.10 Å². The summed E-state index contributed by atoms with van der Waals surface area (Å²) in [5.41, 5.74) is -0.133. The van der Waals surface area contributed by atoms with Gasteiger partial charge >= 0.3 is 6.09 Å². The predicted octanol–water partition coefficient (Wildman–Crippen LogP) is 2.70. The zero-order valence-electron chi connectivity index (χ0n) is 9.31. The molecular weight excluding hydrogens is 166 g/mol. The monoisotopic (exact) mass is 187 g/mol. The molecule has 0 aromatic rings. The maximum Gasteiger partial charge on any atom is 0.407 e. The van der Waals surface area contributed by atoms with E-state index in [1.165, 1.54) is 0 Å². The van der Waals surface area contributed by atoms with Crippen LogP contribution in [0.2, 0.25) is 0 Å². The van der Waals surface area contributed by atoms with E-state index >= 15 is 0 Å². The summed E-state index contributed by atoms with van der Waals surface area (Å²) in [4.78, 5) is 11.3. The molecule has 0 unspecified atom stereocenters. The Kier molecular flexibility index (Phi) is 4.81. The van der Waals surface area contributed by atoms with Crippen molar-refractivity contribution in [3.8, 4) is 0 Å². The van der Waals surface area contributed by atoms with Crippen molar-refractivity contribution >= 4 is 6.09 Å². The van der Waals surface area contributed by atoms with E-state index in [1.807, 2.05) is 20.8 Å². The van der Waals surface area contributed by atoms with Gasteiger partial charge in [0.1, 0.15) is 0 Å². The summed E-state index contributed by atoms with van der Waals surface area (Å²) in [7, 11) is 0. The molecule has 0 spiro atoms. The van der Waals surface area contributed by atoms with Crippen LogP contribution in [0.4, 0.5) is 4.79 Å². The smallest absolute Gasteiger partial charge is 0.407 e. The molecule has 0 saturated carbocycles. The van der Waals surface area contributed by atoms with Gasteiger partial charge in [0.2, 0.25) is 0 Å². The molecule has 0 aromatic heterocycles. The van der Waals surface area contributed by atoms with Crippen LogP contribution >= 0.6 is 0 Å². The molecular formula is C10H21NO2. The first kappa shape index (κ1) is 12.3. The maximum atomic E-state index is 11.3. The van der Waals surface area contributed by atoms with Crippen LogP contribution in [0.1, 0.15) is 47.5 Å². The van der Waals surface area contributed by atoms with Gasteiger partial charge < -0.3 is 10.1 Å². The molecule has 78 valence electrons. The topological polar surface area (TPSA) is 38.3 Å². The Hall–Kier alpha value is -0.730. The van der Waals surface area contributed by atoms with E-state index in [4.69, 9.17) is 4.74 Å². The third-order valence-electron chi connectivity index (χ3n) is 2.31. The number of carbonyl (C=O) groups excluding carboxylic acids is 1. The Morgan fingerprint density at radius 1 is 1.38 bits per heavy atom. The van der Waals surface area contributed by atoms with Crippen molar-refractivity contribution < 1.29 is 9.53 Å². The van der Waals surface area contributed by atoms with Crippen molar-refractivity contribution in [3.63, 3.8) is 0 Å². The molecule has 0 aromatic carbocycles. The van der Waals surface area contributed by atoms with Crippen LogP contribution in [0, 0.1) is 0 Å². The van der Waals surface area contributed by atoms with Gasteiger partial charge in [-0.3, -0.25) is 0 Å². The molecule has 1 amide bonds. The van der Waals surface area contributed by atoms with Crippen molar-refractivity contribution in [1.29, 1.82) is 0 Å². The molecule has 0 aliphatic rings. The van der Waals surface area contributed by atoms with Crippen LogP contribution in [0.3, 0.4) is 0 Å². The number of carbonyl (C=O) groups is 1. The Morgan fingerprint density at radius 3 is 2.15 bits per heavy atom. The first-order valence-electron chi connectivity index (χ1n) is 4.92. The lowest BCUT2D eigenvalue weighted by atomic mass is 9.96. The fraction of sp³-hybridized carbons (Fsp3) is 0.900. The fourth-order valence-corrected chi connectivity index (χ4v) is 0.917. The van der Waals surface area contributed by atoms with Crippen LogP contribution in [-0.4, -0.2) is 17.7 Å². The Balaban J connectivity index is 4.02. The molecule has 0 bridgehead atoms. The summed E-state index contributed by atoms with van der Waals surface area (Å²) in [5.74, 6) is 0. The summed E-state index contributed by atoms with van der Waals surface area (Å²) >= 11 is 0. The molecule has 0 saturated heterocycles. The highest BCUT2D eigenvalue weighted by molar-refractivity contribution is 5.68. The lowest BCUT2D eigenvalue weighted by molar-refractivity contribution is 0.104. The fourth-order valence-electron chi connectivity index (χ4n) is 0.917. The van der Waals surface area contributed by atoms with E-state index in [0.29, 0.717) is 0 Å². The molecule has 0 radical (unpaired) electrons. The summed E-state index contributed by atoms with van der Waals surface area (Å²) < 4.78 is 5.00. The van der Waals surface area contributed by atoms with Crippen LogP contribution in [-0.2, 0) is 4.74 Å².